The first kappa shape index (κ1) is 13.8. The summed E-state index contributed by atoms with van der Waals surface area (Å²) in [6, 6.07) is 0. The molecule has 0 spiro atoms. The monoisotopic (exact) mass is 319 g/mol. The lowest BCUT2D eigenvalue weighted by atomic mass is 10.1. The van der Waals surface area contributed by atoms with Crippen LogP contribution in [0.2, 0.25) is 5.28 Å². The van der Waals surface area contributed by atoms with Gasteiger partial charge in [0.15, 0.2) is 17.6 Å². The van der Waals surface area contributed by atoms with Gasteiger partial charge in [0.25, 0.3) is 0 Å². The number of hydrogen-bond donors (Lipinski definition) is 3. The van der Waals surface area contributed by atoms with Crippen LogP contribution in [0.15, 0.2) is 6.33 Å². The molecular weight excluding hydrogens is 309 g/mol. The number of nitrogen functional groups attached to an aromatic ring is 1. The van der Waals surface area contributed by atoms with E-state index in [1.54, 1.807) is 0 Å². The van der Waals surface area contributed by atoms with Crippen LogP contribution in [0.5, 0.6) is 0 Å². The van der Waals surface area contributed by atoms with Crippen molar-refractivity contribution in [2.45, 2.75) is 22.9 Å². The molecule has 0 saturated carbocycles. The summed E-state index contributed by atoms with van der Waals surface area (Å²) in [5, 5.41) is 17.5. The normalized spacial score (nSPS) is 30.2. The van der Waals surface area contributed by atoms with Gasteiger partial charge in [-0.05, 0) is 11.6 Å². The van der Waals surface area contributed by atoms with Crippen molar-refractivity contribution >= 4 is 40.3 Å². The number of nitrogens with two attached hydrogens (primary N) is 1. The van der Waals surface area contributed by atoms with Crippen LogP contribution in [-0.2, 0) is 0 Å². The third kappa shape index (κ3) is 2.01. The smallest absolute Gasteiger partial charge is 0.226 e. The molecule has 2 aromatic rings. The zero-order valence-corrected chi connectivity index (χ0v) is 11.6. The van der Waals surface area contributed by atoms with Gasteiger partial charge in [-0.25, -0.2) is 9.37 Å². The Morgan fingerprint density at radius 2 is 2.25 bits per heavy atom. The van der Waals surface area contributed by atoms with Gasteiger partial charge < -0.3 is 15.9 Å². The molecule has 20 heavy (non-hydrogen) atoms. The van der Waals surface area contributed by atoms with E-state index in [-0.39, 0.29) is 17.7 Å². The Hall–Kier alpha value is -1.16. The Kier molecular flexibility index (Phi) is 3.44. The lowest BCUT2D eigenvalue weighted by Crippen LogP contribution is -2.29. The molecule has 10 heteroatoms. The second kappa shape index (κ2) is 4.99. The number of rotatable bonds is 2. The molecule has 0 aliphatic carbocycles. The van der Waals surface area contributed by atoms with Crippen molar-refractivity contribution in [3.05, 3.63) is 11.6 Å². The highest BCUT2D eigenvalue weighted by Gasteiger charge is 2.45. The molecular formula is C10H11ClFN5O2S. The molecule has 0 unspecified atom stereocenters. The molecule has 1 saturated heterocycles. The number of anilines is 1. The average molecular weight is 320 g/mol. The lowest BCUT2D eigenvalue weighted by Gasteiger charge is -2.15. The van der Waals surface area contributed by atoms with Crippen LogP contribution in [0.1, 0.15) is 5.37 Å². The number of nitrogens with zero attached hydrogens (tertiary/aromatic N) is 4. The number of hydrogen-bond acceptors (Lipinski definition) is 7. The summed E-state index contributed by atoms with van der Waals surface area (Å²) < 4.78 is 15.6. The van der Waals surface area contributed by atoms with Gasteiger partial charge in [0.1, 0.15) is 17.0 Å². The van der Waals surface area contributed by atoms with E-state index in [9.17, 15) is 9.50 Å². The Morgan fingerprint density at radius 1 is 1.50 bits per heavy atom. The molecule has 0 bridgehead atoms. The molecule has 0 aromatic carbocycles. The minimum atomic E-state index is -1.55. The first-order valence-corrected chi connectivity index (χ1v) is 7.09. The molecule has 7 nitrogen and oxygen atoms in total. The van der Waals surface area contributed by atoms with Crippen LogP contribution in [0, 0.1) is 0 Å². The Balaban J connectivity index is 2.07. The van der Waals surface area contributed by atoms with E-state index in [2.05, 4.69) is 15.0 Å². The van der Waals surface area contributed by atoms with Crippen molar-refractivity contribution in [1.29, 1.82) is 0 Å². The fraction of sp³-hybridized carbons (Fsp3) is 0.500. The molecule has 1 aliphatic rings. The first-order valence-electron chi connectivity index (χ1n) is 5.77. The van der Waals surface area contributed by atoms with Gasteiger partial charge in [0.2, 0.25) is 5.28 Å². The second-order valence-electron chi connectivity index (χ2n) is 4.38. The molecule has 3 rings (SSSR count). The standard InChI is InChI=1S/C10H11ClFN5O2S/c11-10-15-7(13)5-8(16-10)17(2-14-5)9-4(12)6(19)3(1-18)20-9/h2-4,6,9,18-19H,1H2,(H2,13,15,16)/t3-,4+,6-,9+/m1/s1. The minimum Gasteiger partial charge on any atom is -0.395 e. The largest absolute Gasteiger partial charge is 0.395 e. The first-order chi connectivity index (χ1) is 9.52. The maximum Gasteiger partial charge on any atom is 0.226 e. The summed E-state index contributed by atoms with van der Waals surface area (Å²) in [5.41, 5.74) is 6.31. The molecule has 2 aromatic heterocycles. The lowest BCUT2D eigenvalue weighted by molar-refractivity contribution is 0.0642. The highest BCUT2D eigenvalue weighted by molar-refractivity contribution is 8.00. The quantitative estimate of drug-likeness (QED) is 0.686. The zero-order valence-electron chi connectivity index (χ0n) is 10.0. The van der Waals surface area contributed by atoms with E-state index >= 15 is 0 Å². The number of aliphatic hydroxyl groups excluding tert-OH is 2. The predicted molar refractivity (Wildman–Crippen MR) is 73.1 cm³/mol. The van der Waals surface area contributed by atoms with E-state index in [1.807, 2.05) is 0 Å². The van der Waals surface area contributed by atoms with E-state index in [4.69, 9.17) is 22.4 Å². The van der Waals surface area contributed by atoms with Gasteiger partial charge >= 0.3 is 0 Å². The van der Waals surface area contributed by atoms with Crippen LogP contribution in [0.25, 0.3) is 11.2 Å². The molecule has 1 aliphatic heterocycles. The second-order valence-corrected chi connectivity index (χ2v) is 6.08. The van der Waals surface area contributed by atoms with Gasteiger partial charge in [0, 0.05) is 0 Å². The fourth-order valence-corrected chi connectivity index (χ4v) is 3.70. The van der Waals surface area contributed by atoms with Gasteiger partial charge in [-0.3, -0.25) is 4.57 Å². The molecule has 1 fully saturated rings. The number of aromatic nitrogens is 4. The van der Waals surface area contributed by atoms with Gasteiger partial charge in [-0.1, -0.05) is 0 Å². The van der Waals surface area contributed by atoms with Crippen molar-refractivity contribution < 1.29 is 14.6 Å². The number of halogens is 2. The highest BCUT2D eigenvalue weighted by atomic mass is 35.5. The maximum absolute atomic E-state index is 14.2. The number of alkyl halides is 1. The summed E-state index contributed by atoms with van der Waals surface area (Å²) in [6.07, 6.45) is -1.42. The summed E-state index contributed by atoms with van der Waals surface area (Å²) in [5.74, 6) is 0.108. The summed E-state index contributed by atoms with van der Waals surface area (Å²) >= 11 is 6.86. The summed E-state index contributed by atoms with van der Waals surface area (Å²) in [7, 11) is 0. The third-order valence-corrected chi connectivity index (χ3v) is 4.88. The van der Waals surface area contributed by atoms with Gasteiger partial charge in [0.05, 0.1) is 18.2 Å². The fourth-order valence-electron chi connectivity index (χ4n) is 2.18. The SMILES string of the molecule is Nc1nc(Cl)nc2c1ncn2[C@H]1S[C@H](CO)[C@@H](O)[C@@H]1F. The topological polar surface area (TPSA) is 110 Å². The van der Waals surface area contributed by atoms with E-state index < -0.39 is 22.9 Å². The average Bonchev–Trinajstić information content (AvgIpc) is 2.93. The highest BCUT2D eigenvalue weighted by Crippen LogP contribution is 2.44. The molecule has 108 valence electrons. The molecule has 4 atom stereocenters. The summed E-state index contributed by atoms with van der Waals surface area (Å²) in [4.78, 5) is 11.8. The van der Waals surface area contributed by atoms with Crippen LogP contribution in [-0.4, -0.2) is 53.9 Å². The van der Waals surface area contributed by atoms with Crippen molar-refractivity contribution in [1.82, 2.24) is 19.5 Å². The molecule has 0 radical (unpaired) electrons. The molecule has 0 amide bonds. The zero-order chi connectivity index (χ0) is 14.4. The van der Waals surface area contributed by atoms with Crippen LogP contribution >= 0.6 is 23.4 Å². The van der Waals surface area contributed by atoms with Crippen molar-refractivity contribution in [2.24, 2.45) is 0 Å². The van der Waals surface area contributed by atoms with Crippen molar-refractivity contribution in [3.63, 3.8) is 0 Å². The minimum absolute atomic E-state index is 0.0607. The van der Waals surface area contributed by atoms with E-state index in [0.29, 0.717) is 11.2 Å². The number of fused-ring (bicyclic) bond motifs is 1. The Bertz CT molecular complexity index is 656. The Morgan fingerprint density at radius 3 is 2.90 bits per heavy atom. The van der Waals surface area contributed by atoms with Gasteiger partial charge in [-0.2, -0.15) is 9.97 Å². The molecule has 4 N–H and O–H groups in total. The van der Waals surface area contributed by atoms with Crippen molar-refractivity contribution in [2.75, 3.05) is 12.3 Å². The van der Waals surface area contributed by atoms with E-state index in [0.717, 1.165) is 11.8 Å². The maximum atomic E-state index is 14.2. The summed E-state index contributed by atoms with van der Waals surface area (Å²) in [6.45, 7) is -0.312. The third-order valence-electron chi connectivity index (χ3n) is 3.17. The van der Waals surface area contributed by atoms with E-state index in [1.165, 1.54) is 10.9 Å². The number of thioether (sulfide) groups is 1. The van der Waals surface area contributed by atoms with Crippen LogP contribution < -0.4 is 5.73 Å². The Labute approximate surface area is 122 Å². The van der Waals surface area contributed by atoms with Crippen molar-refractivity contribution in [3.8, 4) is 0 Å². The number of aliphatic hydroxyl groups is 2. The predicted octanol–water partition coefficient (Wildman–Crippen LogP) is 0.367. The molecule has 3 heterocycles. The number of imidazole rings is 1. The van der Waals surface area contributed by atoms with Crippen LogP contribution in [0.3, 0.4) is 0 Å². The van der Waals surface area contributed by atoms with Gasteiger partial charge in [-0.15, -0.1) is 11.8 Å². The van der Waals surface area contributed by atoms with Crippen LogP contribution in [0.4, 0.5) is 10.2 Å².